The summed E-state index contributed by atoms with van der Waals surface area (Å²) < 4.78 is 11.6. The summed E-state index contributed by atoms with van der Waals surface area (Å²) >= 11 is 6.58. The quantitative estimate of drug-likeness (QED) is 0.190. The average Bonchev–Trinajstić information content (AvgIpc) is 3.46. The van der Waals surface area contributed by atoms with Crippen molar-refractivity contribution in [2.24, 2.45) is 10.9 Å². The fourth-order valence-electron chi connectivity index (χ4n) is 5.64. The van der Waals surface area contributed by atoms with Crippen LogP contribution in [0.3, 0.4) is 0 Å². The van der Waals surface area contributed by atoms with Crippen molar-refractivity contribution in [2.75, 3.05) is 12.4 Å². The molecule has 1 aliphatic carbocycles. The molecule has 3 atom stereocenters. The normalized spacial score (nSPS) is 19.4. The van der Waals surface area contributed by atoms with Gasteiger partial charge in [-0.2, -0.15) is 0 Å². The minimum absolute atomic E-state index is 0.268. The molecule has 196 valence electrons. The lowest BCUT2D eigenvalue weighted by atomic mass is 9.76. The van der Waals surface area contributed by atoms with Crippen molar-refractivity contribution in [2.45, 2.75) is 31.9 Å². The van der Waals surface area contributed by atoms with Gasteiger partial charge in [-0.25, -0.2) is 0 Å². The Hall–Kier alpha value is -4.02. The van der Waals surface area contributed by atoms with E-state index in [-0.39, 0.29) is 6.04 Å². The van der Waals surface area contributed by atoms with Crippen LogP contribution in [0.25, 0.3) is 0 Å². The first-order valence-corrected chi connectivity index (χ1v) is 13.7. The number of aryl methyl sites for hydroxylation is 1. The second kappa shape index (κ2) is 11.0. The number of anilines is 1. The number of allylic oxidation sites excluding steroid dienone is 2. The maximum atomic E-state index is 6.58. The van der Waals surface area contributed by atoms with Crippen LogP contribution in [0.5, 0.6) is 11.5 Å². The molecule has 4 aromatic carbocycles. The number of hydrogen-bond donors (Lipinski definition) is 1. The molecule has 0 bridgehead atoms. The van der Waals surface area contributed by atoms with E-state index >= 15 is 0 Å². The Kier molecular flexibility index (Phi) is 7.12. The van der Waals surface area contributed by atoms with Crippen LogP contribution in [0.1, 0.15) is 46.2 Å². The Morgan fingerprint density at radius 1 is 1.00 bits per heavy atom. The number of rotatable bonds is 7. The van der Waals surface area contributed by atoms with Gasteiger partial charge >= 0.3 is 0 Å². The number of aliphatic imine (C=N–C) groups is 1. The van der Waals surface area contributed by atoms with Crippen molar-refractivity contribution in [3.05, 3.63) is 130 Å². The minimum Gasteiger partial charge on any atom is -0.493 e. The van der Waals surface area contributed by atoms with Crippen molar-refractivity contribution < 1.29 is 9.47 Å². The van der Waals surface area contributed by atoms with Crippen molar-refractivity contribution in [3.8, 4) is 11.5 Å². The molecular formula is C34H31ClN2O2. The molecule has 2 aliphatic rings. The monoisotopic (exact) mass is 534 g/mol. The fraction of sp³-hybridized carbons (Fsp3) is 0.206. The number of methoxy groups -OCH3 is 1. The molecule has 0 fully saturated rings. The predicted octanol–water partition coefficient (Wildman–Crippen LogP) is 8.81. The van der Waals surface area contributed by atoms with E-state index in [4.69, 9.17) is 26.1 Å². The van der Waals surface area contributed by atoms with Crippen LogP contribution < -0.4 is 14.8 Å². The predicted molar refractivity (Wildman–Crippen MR) is 160 cm³/mol. The molecule has 39 heavy (non-hydrogen) atoms. The minimum atomic E-state index is 0.268. The molecule has 1 N–H and O–H groups in total. The average molecular weight is 535 g/mol. The van der Waals surface area contributed by atoms with Crippen LogP contribution in [-0.2, 0) is 6.61 Å². The van der Waals surface area contributed by atoms with E-state index < -0.39 is 0 Å². The lowest BCUT2D eigenvalue weighted by Gasteiger charge is -2.37. The van der Waals surface area contributed by atoms with E-state index in [0.717, 1.165) is 23.2 Å². The van der Waals surface area contributed by atoms with E-state index in [1.54, 1.807) is 13.3 Å². The van der Waals surface area contributed by atoms with Crippen molar-refractivity contribution >= 4 is 29.2 Å². The van der Waals surface area contributed by atoms with Crippen molar-refractivity contribution in [3.63, 3.8) is 0 Å². The Morgan fingerprint density at radius 3 is 2.62 bits per heavy atom. The summed E-state index contributed by atoms with van der Waals surface area (Å²) in [4.78, 5) is 4.70. The third-order valence-electron chi connectivity index (χ3n) is 7.61. The summed E-state index contributed by atoms with van der Waals surface area (Å²) in [5.74, 6) is 2.09. The molecule has 0 aromatic heterocycles. The summed E-state index contributed by atoms with van der Waals surface area (Å²) in [6.45, 7) is 2.58. The van der Waals surface area contributed by atoms with Gasteiger partial charge in [-0.15, -0.1) is 0 Å². The zero-order valence-electron chi connectivity index (χ0n) is 22.1. The van der Waals surface area contributed by atoms with Crippen molar-refractivity contribution in [1.29, 1.82) is 0 Å². The molecule has 6 rings (SSSR count). The molecule has 5 heteroatoms. The standard InChI is InChI=1S/C34H31ClN2O2/c1-22-11-16-31-29(17-22)27-9-6-10-28(27)33(37-31)25-12-14-26(15-13-25)36-20-24-18-30(35)34(32(19-24)38-2)39-21-23-7-4-3-5-8-23/h3-9,11-20,27-28,33,37H,10,21H2,1-2H3/t27-,28-,33+/m1/s1. The van der Waals surface area contributed by atoms with Gasteiger partial charge in [-0.1, -0.05) is 83.9 Å². The Bertz CT molecular complexity index is 1530. The van der Waals surface area contributed by atoms with Gasteiger partial charge in [0.25, 0.3) is 0 Å². The first-order chi connectivity index (χ1) is 19.1. The van der Waals surface area contributed by atoms with E-state index in [2.05, 4.69) is 66.9 Å². The van der Waals surface area contributed by atoms with Gasteiger partial charge < -0.3 is 14.8 Å². The highest BCUT2D eigenvalue weighted by Gasteiger charge is 2.37. The lowest BCUT2D eigenvalue weighted by Crippen LogP contribution is -2.29. The second-order valence-corrected chi connectivity index (χ2v) is 10.6. The zero-order chi connectivity index (χ0) is 26.8. The molecule has 4 aromatic rings. The number of nitrogens with zero attached hydrogens (tertiary/aromatic N) is 1. The molecule has 0 amide bonds. The number of halogens is 1. The third-order valence-corrected chi connectivity index (χ3v) is 7.89. The van der Waals surface area contributed by atoms with E-state index in [1.165, 1.54) is 22.4 Å². The number of ether oxygens (including phenoxy) is 2. The number of nitrogens with one attached hydrogen (secondary N) is 1. The Labute approximate surface area is 235 Å². The molecule has 0 radical (unpaired) electrons. The van der Waals surface area contributed by atoms with Gasteiger partial charge in [-0.05, 0) is 71.8 Å². The molecular weight excluding hydrogens is 504 g/mol. The van der Waals surface area contributed by atoms with Crippen LogP contribution in [-0.4, -0.2) is 13.3 Å². The van der Waals surface area contributed by atoms with Crippen LogP contribution in [0.2, 0.25) is 5.02 Å². The van der Waals surface area contributed by atoms with Crippen LogP contribution in [0.15, 0.2) is 102 Å². The van der Waals surface area contributed by atoms with Gasteiger partial charge in [0.1, 0.15) is 6.61 Å². The number of benzene rings is 4. The molecule has 1 aliphatic heterocycles. The van der Waals surface area contributed by atoms with E-state index in [9.17, 15) is 0 Å². The summed E-state index contributed by atoms with van der Waals surface area (Å²) in [6.07, 6.45) is 7.60. The summed E-state index contributed by atoms with van der Waals surface area (Å²) in [5.41, 5.74) is 8.03. The largest absolute Gasteiger partial charge is 0.493 e. The maximum absolute atomic E-state index is 6.58. The van der Waals surface area contributed by atoms with Gasteiger partial charge in [0, 0.05) is 17.8 Å². The highest BCUT2D eigenvalue weighted by atomic mass is 35.5. The van der Waals surface area contributed by atoms with Crippen molar-refractivity contribution in [1.82, 2.24) is 0 Å². The summed E-state index contributed by atoms with van der Waals surface area (Å²) in [6, 6.07) is 29.2. The SMILES string of the molecule is COc1cc(C=Nc2ccc([C@@H]3Nc4ccc(C)cc4[C@@H]4C=CC[C@H]43)cc2)cc(Cl)c1OCc1ccccc1. The van der Waals surface area contributed by atoms with Crippen LogP contribution in [0.4, 0.5) is 11.4 Å². The van der Waals surface area contributed by atoms with Gasteiger partial charge in [0.15, 0.2) is 11.5 Å². The van der Waals surface area contributed by atoms with Gasteiger partial charge in [-0.3, -0.25) is 4.99 Å². The van der Waals surface area contributed by atoms with Crippen LogP contribution in [0, 0.1) is 12.8 Å². The van der Waals surface area contributed by atoms with E-state index in [0.29, 0.717) is 35.0 Å². The zero-order valence-corrected chi connectivity index (χ0v) is 22.9. The lowest BCUT2D eigenvalue weighted by molar-refractivity contribution is 0.284. The summed E-state index contributed by atoms with van der Waals surface area (Å²) in [7, 11) is 1.62. The van der Waals surface area contributed by atoms with E-state index in [1.807, 2.05) is 42.5 Å². The Balaban J connectivity index is 1.17. The first-order valence-electron chi connectivity index (χ1n) is 13.3. The molecule has 1 heterocycles. The smallest absolute Gasteiger partial charge is 0.180 e. The topological polar surface area (TPSA) is 42.8 Å². The molecule has 4 nitrogen and oxygen atoms in total. The highest BCUT2D eigenvalue weighted by molar-refractivity contribution is 6.32. The molecule has 0 spiro atoms. The number of hydrogen-bond acceptors (Lipinski definition) is 4. The third kappa shape index (κ3) is 5.30. The molecule has 0 unspecified atom stereocenters. The number of fused-ring (bicyclic) bond motifs is 3. The highest BCUT2D eigenvalue weighted by Crippen LogP contribution is 2.50. The molecule has 0 saturated carbocycles. The van der Waals surface area contributed by atoms with Gasteiger partial charge in [0.05, 0.1) is 23.9 Å². The summed E-state index contributed by atoms with van der Waals surface area (Å²) in [5, 5.41) is 4.30. The van der Waals surface area contributed by atoms with Gasteiger partial charge in [0.2, 0.25) is 0 Å². The Morgan fingerprint density at radius 2 is 1.82 bits per heavy atom. The maximum Gasteiger partial charge on any atom is 0.180 e. The first kappa shape index (κ1) is 25.3. The van der Waals surface area contributed by atoms with Crippen LogP contribution >= 0.6 is 11.6 Å². The fourth-order valence-corrected chi connectivity index (χ4v) is 5.92. The molecule has 0 saturated heterocycles. The second-order valence-electron chi connectivity index (χ2n) is 10.2.